The second-order valence-corrected chi connectivity index (χ2v) is 8.72. The third kappa shape index (κ3) is 7.65. The highest BCUT2D eigenvalue weighted by Crippen LogP contribution is 2.21. The van der Waals surface area contributed by atoms with E-state index in [0.29, 0.717) is 18.3 Å². The van der Waals surface area contributed by atoms with Gasteiger partial charge in [-0.25, -0.2) is 0 Å². The predicted octanol–water partition coefficient (Wildman–Crippen LogP) is 6.98. The maximum absolute atomic E-state index is 6.50. The van der Waals surface area contributed by atoms with Crippen LogP contribution in [0.3, 0.4) is 0 Å². The van der Waals surface area contributed by atoms with Gasteiger partial charge in [-0.15, -0.1) is 11.6 Å². The van der Waals surface area contributed by atoms with E-state index in [1.54, 1.807) is 0 Å². The summed E-state index contributed by atoms with van der Waals surface area (Å²) < 4.78 is 0. The lowest BCUT2D eigenvalue weighted by Crippen LogP contribution is -2.42. The molecule has 3 rings (SSSR count). The SMILES string of the molecule is CC(C)C[C@@H](C(CCl)=NCc1ccccc1)N(Cc1ccccc1)Cc1ccccc1. The number of hydrogen-bond donors (Lipinski definition) is 0. The summed E-state index contributed by atoms with van der Waals surface area (Å²) in [5.41, 5.74) is 4.91. The van der Waals surface area contributed by atoms with Crippen molar-refractivity contribution < 1.29 is 0 Å². The molecular weight excluding hydrogens is 400 g/mol. The van der Waals surface area contributed by atoms with Crippen LogP contribution in [0.2, 0.25) is 0 Å². The summed E-state index contributed by atoms with van der Waals surface area (Å²) in [7, 11) is 0. The summed E-state index contributed by atoms with van der Waals surface area (Å²) in [5.74, 6) is 0.994. The van der Waals surface area contributed by atoms with Gasteiger partial charge in [0.2, 0.25) is 0 Å². The molecule has 0 bridgehead atoms. The minimum atomic E-state index is 0.196. The van der Waals surface area contributed by atoms with Crippen molar-refractivity contribution in [3.8, 4) is 0 Å². The van der Waals surface area contributed by atoms with E-state index in [0.717, 1.165) is 25.2 Å². The Morgan fingerprint density at radius 2 is 1.19 bits per heavy atom. The Hall–Kier alpha value is -2.42. The summed E-state index contributed by atoms with van der Waals surface area (Å²) in [6, 6.07) is 32.0. The van der Waals surface area contributed by atoms with Gasteiger partial charge in [0.05, 0.1) is 12.4 Å². The van der Waals surface area contributed by atoms with Crippen LogP contribution in [0.5, 0.6) is 0 Å². The smallest absolute Gasteiger partial charge is 0.0640 e. The molecule has 3 heteroatoms. The Bertz CT molecular complexity index is 866. The minimum Gasteiger partial charge on any atom is -0.287 e. The fraction of sp³-hybridized carbons (Fsp3) is 0.321. The van der Waals surface area contributed by atoms with Crippen molar-refractivity contribution in [3.05, 3.63) is 108 Å². The summed E-state index contributed by atoms with van der Waals surface area (Å²) in [4.78, 5) is 7.55. The van der Waals surface area contributed by atoms with Crippen LogP contribution in [0.1, 0.15) is 37.0 Å². The fourth-order valence-corrected chi connectivity index (χ4v) is 4.13. The highest BCUT2D eigenvalue weighted by Gasteiger charge is 2.25. The van der Waals surface area contributed by atoms with Crippen LogP contribution in [0, 0.1) is 5.92 Å². The molecule has 0 aliphatic carbocycles. The number of aliphatic imine (C=N–C) groups is 1. The number of rotatable bonds is 11. The first-order valence-corrected chi connectivity index (χ1v) is 11.6. The van der Waals surface area contributed by atoms with E-state index in [1.807, 2.05) is 6.07 Å². The lowest BCUT2D eigenvalue weighted by Gasteiger charge is -2.34. The average molecular weight is 433 g/mol. The van der Waals surface area contributed by atoms with Crippen molar-refractivity contribution >= 4 is 17.3 Å². The molecular formula is C28H33ClN2. The number of benzene rings is 3. The van der Waals surface area contributed by atoms with Gasteiger partial charge in [0, 0.05) is 24.8 Å². The highest BCUT2D eigenvalue weighted by atomic mass is 35.5. The van der Waals surface area contributed by atoms with Crippen molar-refractivity contribution in [2.45, 2.75) is 45.9 Å². The Balaban J connectivity index is 1.91. The van der Waals surface area contributed by atoms with E-state index in [4.69, 9.17) is 16.6 Å². The van der Waals surface area contributed by atoms with Gasteiger partial charge in [-0.2, -0.15) is 0 Å². The first kappa shape index (κ1) is 23.2. The van der Waals surface area contributed by atoms with E-state index in [9.17, 15) is 0 Å². The van der Waals surface area contributed by atoms with Gasteiger partial charge in [0.1, 0.15) is 0 Å². The third-order valence-corrected chi connectivity index (χ3v) is 5.70. The zero-order valence-electron chi connectivity index (χ0n) is 18.6. The maximum atomic E-state index is 6.50. The standard InChI is InChI=1S/C28H33ClN2/c1-23(2)18-28(27(19-29)30-20-24-12-6-3-7-13-24)31(21-25-14-8-4-9-15-25)22-26-16-10-5-11-17-26/h3-17,23,28H,18-22H2,1-2H3/t28-/m0/s1. The molecule has 162 valence electrons. The van der Waals surface area contributed by atoms with E-state index >= 15 is 0 Å². The van der Waals surface area contributed by atoms with Crippen molar-refractivity contribution in [1.82, 2.24) is 4.90 Å². The van der Waals surface area contributed by atoms with Gasteiger partial charge in [-0.05, 0) is 29.0 Å². The summed E-state index contributed by atoms with van der Waals surface area (Å²) in [6.07, 6.45) is 1.03. The van der Waals surface area contributed by atoms with E-state index in [2.05, 4.69) is 104 Å². The van der Waals surface area contributed by atoms with Crippen LogP contribution >= 0.6 is 11.6 Å². The zero-order valence-corrected chi connectivity index (χ0v) is 19.4. The highest BCUT2D eigenvalue weighted by molar-refractivity contribution is 6.29. The van der Waals surface area contributed by atoms with Crippen LogP contribution < -0.4 is 0 Å². The van der Waals surface area contributed by atoms with E-state index in [1.165, 1.54) is 16.7 Å². The molecule has 0 amide bonds. The van der Waals surface area contributed by atoms with E-state index < -0.39 is 0 Å². The van der Waals surface area contributed by atoms with Crippen molar-refractivity contribution in [2.24, 2.45) is 10.9 Å². The largest absolute Gasteiger partial charge is 0.287 e. The summed E-state index contributed by atoms with van der Waals surface area (Å²) in [6.45, 7) is 6.96. The van der Waals surface area contributed by atoms with Gasteiger partial charge in [0.15, 0.2) is 0 Å². The van der Waals surface area contributed by atoms with Gasteiger partial charge in [0.25, 0.3) is 0 Å². The average Bonchev–Trinajstić information content (AvgIpc) is 2.80. The summed E-state index contributed by atoms with van der Waals surface area (Å²) >= 11 is 6.50. The molecule has 0 N–H and O–H groups in total. The van der Waals surface area contributed by atoms with Gasteiger partial charge < -0.3 is 0 Å². The van der Waals surface area contributed by atoms with Crippen LogP contribution in [0.15, 0.2) is 96.0 Å². The molecule has 0 aliphatic heterocycles. The van der Waals surface area contributed by atoms with Crippen LogP contribution in [-0.4, -0.2) is 22.5 Å². The fourth-order valence-electron chi connectivity index (χ4n) is 3.87. The molecule has 31 heavy (non-hydrogen) atoms. The lowest BCUT2D eigenvalue weighted by molar-refractivity contribution is 0.201. The first-order chi connectivity index (χ1) is 15.2. The van der Waals surface area contributed by atoms with Gasteiger partial charge in [-0.1, -0.05) is 105 Å². The van der Waals surface area contributed by atoms with E-state index in [-0.39, 0.29) is 6.04 Å². The minimum absolute atomic E-state index is 0.196. The van der Waals surface area contributed by atoms with Crippen LogP contribution in [0.4, 0.5) is 0 Å². The predicted molar refractivity (Wildman–Crippen MR) is 134 cm³/mol. The monoisotopic (exact) mass is 432 g/mol. The zero-order chi connectivity index (χ0) is 21.9. The topological polar surface area (TPSA) is 15.6 Å². The molecule has 1 atom stereocenters. The van der Waals surface area contributed by atoms with Crippen molar-refractivity contribution in [3.63, 3.8) is 0 Å². The molecule has 0 aliphatic rings. The Labute approximate surface area is 192 Å². The number of alkyl halides is 1. The number of nitrogens with zero attached hydrogens (tertiary/aromatic N) is 2. The Morgan fingerprint density at radius 1 is 0.742 bits per heavy atom. The Kier molecular flexibility index (Phi) is 9.33. The molecule has 0 fully saturated rings. The third-order valence-electron chi connectivity index (χ3n) is 5.42. The maximum Gasteiger partial charge on any atom is 0.0640 e. The van der Waals surface area contributed by atoms with Crippen LogP contribution in [0.25, 0.3) is 0 Å². The van der Waals surface area contributed by atoms with Crippen molar-refractivity contribution in [1.29, 1.82) is 0 Å². The first-order valence-electron chi connectivity index (χ1n) is 11.1. The molecule has 0 heterocycles. The van der Waals surface area contributed by atoms with Crippen LogP contribution in [-0.2, 0) is 19.6 Å². The molecule has 0 radical (unpaired) electrons. The van der Waals surface area contributed by atoms with Crippen molar-refractivity contribution in [2.75, 3.05) is 5.88 Å². The molecule has 0 saturated carbocycles. The molecule has 3 aromatic rings. The Morgan fingerprint density at radius 3 is 1.61 bits per heavy atom. The number of hydrogen-bond acceptors (Lipinski definition) is 2. The van der Waals surface area contributed by atoms with Gasteiger partial charge in [-0.3, -0.25) is 9.89 Å². The van der Waals surface area contributed by atoms with Gasteiger partial charge >= 0.3 is 0 Å². The summed E-state index contributed by atoms with van der Waals surface area (Å²) in [5, 5.41) is 0. The number of halogens is 1. The second-order valence-electron chi connectivity index (χ2n) is 8.45. The lowest BCUT2D eigenvalue weighted by atomic mass is 9.97. The quantitative estimate of drug-likeness (QED) is 0.235. The molecule has 0 spiro atoms. The molecule has 0 aromatic heterocycles. The molecule has 3 aromatic carbocycles. The molecule has 0 saturated heterocycles. The second kappa shape index (κ2) is 12.4. The normalized spacial score (nSPS) is 13.0. The molecule has 0 unspecified atom stereocenters. The molecule has 2 nitrogen and oxygen atoms in total.